The van der Waals surface area contributed by atoms with Crippen molar-refractivity contribution < 1.29 is 23.9 Å². The van der Waals surface area contributed by atoms with Gasteiger partial charge in [0, 0.05) is 12.6 Å². The molecule has 0 aromatic heterocycles. The minimum atomic E-state index is -0.703. The summed E-state index contributed by atoms with van der Waals surface area (Å²) in [6.45, 7) is 0.701. The van der Waals surface area contributed by atoms with E-state index in [0.717, 1.165) is 0 Å². The first-order valence-corrected chi connectivity index (χ1v) is 8.18. The second-order valence-corrected chi connectivity index (χ2v) is 5.88. The molecule has 1 aliphatic rings. The Labute approximate surface area is 155 Å². The van der Waals surface area contributed by atoms with Crippen LogP contribution >= 0.6 is 0 Å². The molecule has 1 aliphatic heterocycles. The molecule has 0 aliphatic carbocycles. The van der Waals surface area contributed by atoms with Gasteiger partial charge < -0.3 is 15.4 Å². The topological polar surface area (TPSA) is 105 Å². The molecule has 1 heterocycles. The van der Waals surface area contributed by atoms with Gasteiger partial charge in [0.15, 0.2) is 6.61 Å². The van der Waals surface area contributed by atoms with Crippen LogP contribution in [-0.2, 0) is 19.1 Å². The Kier molecular flexibility index (Phi) is 5.16. The van der Waals surface area contributed by atoms with Crippen molar-refractivity contribution in [2.24, 2.45) is 0 Å². The van der Waals surface area contributed by atoms with E-state index in [0.29, 0.717) is 17.1 Å². The van der Waals surface area contributed by atoms with Crippen molar-refractivity contribution in [3.8, 4) is 0 Å². The van der Waals surface area contributed by atoms with Crippen molar-refractivity contribution in [2.75, 3.05) is 28.7 Å². The highest BCUT2D eigenvalue weighted by atomic mass is 16.5. The van der Waals surface area contributed by atoms with E-state index in [1.807, 2.05) is 0 Å². The van der Waals surface area contributed by atoms with Crippen LogP contribution in [0.5, 0.6) is 0 Å². The summed E-state index contributed by atoms with van der Waals surface area (Å²) in [6, 6.07) is 13.1. The smallest absolute Gasteiger partial charge is 0.338 e. The van der Waals surface area contributed by atoms with Crippen LogP contribution in [0.15, 0.2) is 48.5 Å². The SMILES string of the molecule is CC(=O)Nc1cccc(C(=O)OCC(=O)N2CC(=O)Nc3ccccc32)c1. The highest BCUT2D eigenvalue weighted by Crippen LogP contribution is 2.28. The van der Waals surface area contributed by atoms with Gasteiger partial charge in [-0.2, -0.15) is 0 Å². The number of anilines is 3. The van der Waals surface area contributed by atoms with Gasteiger partial charge in [0.2, 0.25) is 11.8 Å². The first-order valence-electron chi connectivity index (χ1n) is 8.18. The molecule has 27 heavy (non-hydrogen) atoms. The number of carbonyl (C=O) groups excluding carboxylic acids is 4. The average molecular weight is 367 g/mol. The molecule has 0 unspecified atom stereocenters. The van der Waals surface area contributed by atoms with Gasteiger partial charge in [-0.1, -0.05) is 18.2 Å². The van der Waals surface area contributed by atoms with Crippen LogP contribution in [-0.4, -0.2) is 36.8 Å². The standard InChI is InChI=1S/C19H17N3O5/c1-12(23)20-14-6-4-5-13(9-14)19(26)27-11-18(25)22-10-17(24)21-15-7-2-3-8-16(15)22/h2-9H,10-11H2,1H3,(H,20,23)(H,21,24). The number of hydrogen-bond acceptors (Lipinski definition) is 5. The van der Waals surface area contributed by atoms with Gasteiger partial charge in [-0.15, -0.1) is 0 Å². The minimum Gasteiger partial charge on any atom is -0.452 e. The van der Waals surface area contributed by atoms with Gasteiger partial charge >= 0.3 is 5.97 Å². The maximum atomic E-state index is 12.5. The third kappa shape index (κ3) is 4.30. The van der Waals surface area contributed by atoms with Crippen molar-refractivity contribution in [1.29, 1.82) is 0 Å². The molecule has 0 saturated carbocycles. The third-order valence-electron chi connectivity index (χ3n) is 3.82. The molecule has 2 aromatic carbocycles. The number of hydrogen-bond donors (Lipinski definition) is 2. The lowest BCUT2D eigenvalue weighted by Crippen LogP contribution is -2.44. The lowest BCUT2D eigenvalue weighted by Gasteiger charge is -2.28. The summed E-state index contributed by atoms with van der Waals surface area (Å²) in [4.78, 5) is 48.8. The first-order chi connectivity index (χ1) is 12.9. The number of nitrogens with one attached hydrogen (secondary N) is 2. The van der Waals surface area contributed by atoms with Crippen LogP contribution < -0.4 is 15.5 Å². The molecule has 8 heteroatoms. The van der Waals surface area contributed by atoms with Crippen molar-refractivity contribution in [3.05, 3.63) is 54.1 Å². The number of nitrogens with zero attached hydrogens (tertiary/aromatic N) is 1. The Morgan fingerprint density at radius 1 is 1.15 bits per heavy atom. The molecule has 0 spiro atoms. The third-order valence-corrected chi connectivity index (χ3v) is 3.82. The molecule has 3 amide bonds. The molecule has 8 nitrogen and oxygen atoms in total. The number of para-hydroxylation sites is 2. The van der Waals surface area contributed by atoms with Crippen molar-refractivity contribution in [3.63, 3.8) is 0 Å². The summed E-state index contributed by atoms with van der Waals surface area (Å²) >= 11 is 0. The zero-order valence-electron chi connectivity index (χ0n) is 14.5. The van der Waals surface area contributed by atoms with E-state index >= 15 is 0 Å². The molecule has 138 valence electrons. The van der Waals surface area contributed by atoms with Crippen molar-refractivity contribution in [2.45, 2.75) is 6.92 Å². The number of ether oxygens (including phenoxy) is 1. The van der Waals surface area contributed by atoms with Crippen LogP contribution in [0.3, 0.4) is 0 Å². The molecule has 2 N–H and O–H groups in total. The van der Waals surface area contributed by atoms with E-state index < -0.39 is 18.5 Å². The summed E-state index contributed by atoms with van der Waals surface area (Å²) in [5, 5.41) is 5.25. The largest absolute Gasteiger partial charge is 0.452 e. The maximum Gasteiger partial charge on any atom is 0.338 e. The van der Waals surface area contributed by atoms with Gasteiger partial charge in [0.1, 0.15) is 6.54 Å². The monoisotopic (exact) mass is 367 g/mol. The zero-order chi connectivity index (χ0) is 19.4. The molecule has 3 rings (SSSR count). The fourth-order valence-corrected chi connectivity index (χ4v) is 2.67. The Morgan fingerprint density at radius 2 is 1.93 bits per heavy atom. The highest BCUT2D eigenvalue weighted by Gasteiger charge is 2.27. The quantitative estimate of drug-likeness (QED) is 0.802. The van der Waals surface area contributed by atoms with Crippen LogP contribution in [0.2, 0.25) is 0 Å². The molecule has 0 atom stereocenters. The van der Waals surface area contributed by atoms with Crippen molar-refractivity contribution >= 4 is 40.8 Å². The fourth-order valence-electron chi connectivity index (χ4n) is 2.67. The average Bonchev–Trinajstić information content (AvgIpc) is 2.64. The predicted octanol–water partition coefficient (Wildman–Crippen LogP) is 1.79. The highest BCUT2D eigenvalue weighted by molar-refractivity contribution is 6.10. The number of carbonyl (C=O) groups is 4. The molecule has 0 bridgehead atoms. The predicted molar refractivity (Wildman–Crippen MR) is 98.5 cm³/mol. The molecule has 2 aromatic rings. The molecule has 0 fully saturated rings. The van der Waals surface area contributed by atoms with Gasteiger partial charge in [-0.05, 0) is 30.3 Å². The number of esters is 1. The van der Waals surface area contributed by atoms with Gasteiger partial charge in [0.05, 0.1) is 16.9 Å². The Morgan fingerprint density at radius 3 is 2.70 bits per heavy atom. The van der Waals surface area contributed by atoms with E-state index in [2.05, 4.69) is 10.6 Å². The lowest BCUT2D eigenvalue weighted by atomic mass is 10.2. The van der Waals surface area contributed by atoms with Gasteiger partial charge in [-0.25, -0.2) is 4.79 Å². The number of benzene rings is 2. The molecular weight excluding hydrogens is 350 g/mol. The van der Waals surface area contributed by atoms with E-state index in [-0.39, 0.29) is 23.9 Å². The fraction of sp³-hybridized carbons (Fsp3) is 0.158. The summed E-state index contributed by atoms with van der Waals surface area (Å²) in [5.41, 5.74) is 1.72. The Balaban J connectivity index is 1.67. The van der Waals surface area contributed by atoms with E-state index in [1.165, 1.54) is 24.0 Å². The molecule has 0 saturated heterocycles. The van der Waals surface area contributed by atoms with Gasteiger partial charge in [0.25, 0.3) is 5.91 Å². The summed E-state index contributed by atoms with van der Waals surface area (Å²) in [6.07, 6.45) is 0. The Bertz CT molecular complexity index is 925. The van der Waals surface area contributed by atoms with E-state index in [4.69, 9.17) is 4.74 Å². The van der Waals surface area contributed by atoms with Crippen LogP contribution in [0.25, 0.3) is 0 Å². The number of fused-ring (bicyclic) bond motifs is 1. The summed E-state index contributed by atoms with van der Waals surface area (Å²) < 4.78 is 5.08. The minimum absolute atomic E-state index is 0.147. The van der Waals surface area contributed by atoms with Crippen molar-refractivity contribution in [1.82, 2.24) is 0 Å². The van der Waals surface area contributed by atoms with Crippen LogP contribution in [0.1, 0.15) is 17.3 Å². The first kappa shape index (κ1) is 18.1. The van der Waals surface area contributed by atoms with Crippen LogP contribution in [0.4, 0.5) is 17.1 Å². The number of amides is 3. The zero-order valence-corrected chi connectivity index (χ0v) is 14.5. The van der Waals surface area contributed by atoms with E-state index in [9.17, 15) is 19.2 Å². The van der Waals surface area contributed by atoms with E-state index in [1.54, 1.807) is 36.4 Å². The van der Waals surface area contributed by atoms with Gasteiger partial charge in [-0.3, -0.25) is 19.3 Å². The second kappa shape index (κ2) is 7.69. The maximum absolute atomic E-state index is 12.5. The lowest BCUT2D eigenvalue weighted by molar-refractivity contribution is -0.124. The summed E-state index contributed by atoms with van der Waals surface area (Å²) in [5.74, 6) is -1.80. The Hall–Kier alpha value is -3.68. The summed E-state index contributed by atoms with van der Waals surface area (Å²) in [7, 11) is 0. The number of rotatable bonds is 4. The second-order valence-electron chi connectivity index (χ2n) is 5.88. The molecule has 0 radical (unpaired) electrons. The molecular formula is C19H17N3O5. The normalized spacial score (nSPS) is 12.6. The van der Waals surface area contributed by atoms with Crippen LogP contribution in [0, 0.1) is 0 Å².